The first-order valence-electron chi connectivity index (χ1n) is 13.8. The molecule has 0 unspecified atom stereocenters. The molecule has 0 atom stereocenters. The third-order valence-electron chi connectivity index (χ3n) is 7.93. The highest BCUT2D eigenvalue weighted by atomic mass is 79.9. The van der Waals surface area contributed by atoms with Crippen molar-refractivity contribution >= 4 is 39.1 Å². The smallest absolute Gasteiger partial charge is 0.262 e. The first-order valence-corrected chi connectivity index (χ1v) is 14.6. The molecule has 0 radical (unpaired) electrons. The molecule has 41 heavy (non-hydrogen) atoms. The molecule has 0 saturated carbocycles. The Balaban J connectivity index is 1.51. The van der Waals surface area contributed by atoms with E-state index in [0.717, 1.165) is 16.8 Å². The molecule has 0 fully saturated rings. The Labute approximate surface area is 249 Å². The Hall–Kier alpha value is -3.39. The first kappa shape index (κ1) is 29.1. The van der Waals surface area contributed by atoms with Crippen molar-refractivity contribution < 1.29 is 28.6 Å². The van der Waals surface area contributed by atoms with E-state index < -0.39 is 5.92 Å². The number of Topliss-reactive ketones (excluding diaryl/α,β-unsaturated/α-hetero) is 2. The van der Waals surface area contributed by atoms with Crippen molar-refractivity contribution in [1.82, 2.24) is 0 Å². The van der Waals surface area contributed by atoms with Crippen LogP contribution < -0.4 is 14.8 Å². The number of halogens is 1. The molecule has 1 N–H and O–H groups in total. The van der Waals surface area contributed by atoms with Gasteiger partial charge in [-0.15, -0.1) is 0 Å². The average Bonchev–Trinajstić information content (AvgIpc) is 2.86. The van der Waals surface area contributed by atoms with E-state index in [9.17, 15) is 14.4 Å². The van der Waals surface area contributed by atoms with Crippen LogP contribution in [0.3, 0.4) is 0 Å². The summed E-state index contributed by atoms with van der Waals surface area (Å²) in [4.78, 5) is 39.9. The molecule has 8 heteroatoms. The fourth-order valence-corrected chi connectivity index (χ4v) is 6.67. The summed E-state index contributed by atoms with van der Waals surface area (Å²) < 4.78 is 18.6. The van der Waals surface area contributed by atoms with Crippen molar-refractivity contribution in [2.45, 2.75) is 66.2 Å². The van der Waals surface area contributed by atoms with Gasteiger partial charge in [-0.05, 0) is 63.0 Å². The maximum Gasteiger partial charge on any atom is 0.262 e. The van der Waals surface area contributed by atoms with Crippen molar-refractivity contribution in [3.63, 3.8) is 0 Å². The van der Waals surface area contributed by atoms with E-state index in [4.69, 9.17) is 14.2 Å². The van der Waals surface area contributed by atoms with Crippen LogP contribution in [0.5, 0.6) is 11.5 Å². The highest BCUT2D eigenvalue weighted by Gasteiger charge is 2.48. The summed E-state index contributed by atoms with van der Waals surface area (Å²) in [5.41, 5.74) is 3.03. The number of ether oxygens (including phenoxy) is 3. The third kappa shape index (κ3) is 5.85. The summed E-state index contributed by atoms with van der Waals surface area (Å²) >= 11 is 3.61. The summed E-state index contributed by atoms with van der Waals surface area (Å²) in [6.07, 6.45) is 1.99. The molecule has 2 aliphatic carbocycles. The number of nitrogens with one attached hydrogen (secondary N) is 1. The maximum absolute atomic E-state index is 13.6. The molecule has 2 aromatic carbocycles. The number of para-hydroxylation sites is 1. The van der Waals surface area contributed by atoms with Gasteiger partial charge in [-0.3, -0.25) is 14.4 Å². The molecular formula is C33H36BrNO6. The standard InChI is InChI=1S/C33H36BrNO6/c1-18-9-7-8-10-21(18)35-27(38)17-40-31-20(34)11-19(12-24(31)39-6)28-29-22(36)13-32(2,3)15-25(29)41-26-16-33(4,5)14-23(37)30(26)28/h7-12,28H,13-17H2,1-6H3,(H,35,38). The molecule has 0 aromatic heterocycles. The van der Waals surface area contributed by atoms with Crippen molar-refractivity contribution in [1.29, 1.82) is 0 Å². The minimum atomic E-state index is -0.565. The van der Waals surface area contributed by atoms with Crippen LogP contribution in [0.4, 0.5) is 5.69 Å². The summed E-state index contributed by atoms with van der Waals surface area (Å²) in [6, 6.07) is 11.2. The second kappa shape index (κ2) is 10.8. The zero-order valence-electron chi connectivity index (χ0n) is 24.4. The molecule has 0 saturated heterocycles. The third-order valence-corrected chi connectivity index (χ3v) is 8.52. The molecule has 3 aliphatic rings. The molecule has 0 bridgehead atoms. The van der Waals surface area contributed by atoms with Gasteiger partial charge >= 0.3 is 0 Å². The number of ketones is 2. The lowest BCUT2D eigenvalue weighted by atomic mass is 9.65. The van der Waals surface area contributed by atoms with Gasteiger partial charge in [0, 0.05) is 48.4 Å². The highest BCUT2D eigenvalue weighted by molar-refractivity contribution is 9.10. The number of rotatable bonds is 6. The summed E-state index contributed by atoms with van der Waals surface area (Å²) in [5, 5.41) is 2.86. The van der Waals surface area contributed by atoms with Gasteiger partial charge in [0.15, 0.2) is 29.7 Å². The molecule has 7 nitrogen and oxygen atoms in total. The van der Waals surface area contributed by atoms with Gasteiger partial charge in [0.25, 0.3) is 5.91 Å². The Bertz CT molecular complexity index is 1460. The normalized spacial score (nSPS) is 19.8. The van der Waals surface area contributed by atoms with Crippen molar-refractivity contribution in [2.75, 3.05) is 19.0 Å². The van der Waals surface area contributed by atoms with Crippen LogP contribution in [0, 0.1) is 17.8 Å². The fraction of sp³-hybridized carbons (Fsp3) is 0.424. The predicted octanol–water partition coefficient (Wildman–Crippen LogP) is 7.18. The Morgan fingerprint density at radius 1 is 0.976 bits per heavy atom. The molecule has 2 aromatic rings. The van der Waals surface area contributed by atoms with Gasteiger partial charge in [-0.1, -0.05) is 45.9 Å². The van der Waals surface area contributed by atoms with Gasteiger partial charge in [-0.25, -0.2) is 0 Å². The minimum absolute atomic E-state index is 0.00581. The number of amides is 1. The minimum Gasteiger partial charge on any atom is -0.493 e. The summed E-state index contributed by atoms with van der Waals surface area (Å²) in [7, 11) is 1.52. The lowest BCUT2D eigenvalue weighted by Crippen LogP contribution is -2.37. The SMILES string of the molecule is COc1cc(C2C3=C(CC(C)(C)CC3=O)OC3=C2C(=O)CC(C)(C)C3)cc(Br)c1OCC(=O)Nc1ccccc1C. The summed E-state index contributed by atoms with van der Waals surface area (Å²) in [5.74, 6) is 1.18. The zero-order valence-corrected chi connectivity index (χ0v) is 26.0. The number of aryl methyl sites for hydroxylation is 1. The monoisotopic (exact) mass is 621 g/mol. The maximum atomic E-state index is 13.6. The first-order chi connectivity index (χ1) is 19.3. The van der Waals surface area contributed by atoms with E-state index in [2.05, 4.69) is 48.9 Å². The van der Waals surface area contributed by atoms with E-state index in [0.29, 0.717) is 64.3 Å². The van der Waals surface area contributed by atoms with Crippen LogP contribution in [0.15, 0.2) is 63.5 Å². The zero-order chi connectivity index (χ0) is 29.7. The second-order valence-electron chi connectivity index (χ2n) is 12.8. The predicted molar refractivity (Wildman–Crippen MR) is 160 cm³/mol. The molecule has 5 rings (SSSR count). The Morgan fingerprint density at radius 2 is 1.56 bits per heavy atom. The lowest BCUT2D eigenvalue weighted by Gasteiger charge is -2.42. The van der Waals surface area contributed by atoms with Gasteiger partial charge in [0.2, 0.25) is 0 Å². The highest BCUT2D eigenvalue weighted by Crippen LogP contribution is 2.54. The summed E-state index contributed by atoms with van der Waals surface area (Å²) in [6.45, 7) is 9.94. The molecule has 1 aliphatic heterocycles. The van der Waals surface area contributed by atoms with E-state index in [1.165, 1.54) is 7.11 Å². The number of methoxy groups -OCH3 is 1. The Kier molecular flexibility index (Phi) is 7.66. The number of hydrogen-bond donors (Lipinski definition) is 1. The van der Waals surface area contributed by atoms with Crippen LogP contribution in [0.2, 0.25) is 0 Å². The van der Waals surface area contributed by atoms with Crippen molar-refractivity contribution in [2.24, 2.45) is 10.8 Å². The number of carbonyl (C=O) groups excluding carboxylic acids is 3. The largest absolute Gasteiger partial charge is 0.493 e. The molecule has 216 valence electrons. The molecular weight excluding hydrogens is 586 g/mol. The van der Waals surface area contributed by atoms with Gasteiger partial charge in [0.1, 0.15) is 11.5 Å². The fourth-order valence-electron chi connectivity index (χ4n) is 6.09. The average molecular weight is 623 g/mol. The second-order valence-corrected chi connectivity index (χ2v) is 13.6. The topological polar surface area (TPSA) is 90.9 Å². The number of anilines is 1. The molecule has 1 heterocycles. The number of hydrogen-bond acceptors (Lipinski definition) is 6. The lowest BCUT2D eigenvalue weighted by molar-refractivity contribution is -0.120. The van der Waals surface area contributed by atoms with Crippen LogP contribution in [-0.2, 0) is 19.1 Å². The van der Waals surface area contributed by atoms with Crippen LogP contribution >= 0.6 is 15.9 Å². The van der Waals surface area contributed by atoms with E-state index in [1.807, 2.05) is 37.3 Å². The van der Waals surface area contributed by atoms with Gasteiger partial charge in [-0.2, -0.15) is 0 Å². The molecule has 1 amide bonds. The van der Waals surface area contributed by atoms with Crippen molar-refractivity contribution in [3.05, 3.63) is 74.7 Å². The van der Waals surface area contributed by atoms with Crippen molar-refractivity contribution in [3.8, 4) is 11.5 Å². The van der Waals surface area contributed by atoms with E-state index in [-0.39, 0.29) is 34.9 Å². The molecule has 0 spiro atoms. The van der Waals surface area contributed by atoms with Crippen LogP contribution in [0.25, 0.3) is 0 Å². The van der Waals surface area contributed by atoms with Crippen LogP contribution in [0.1, 0.15) is 70.4 Å². The quantitative estimate of drug-likeness (QED) is 0.367. The Morgan fingerprint density at radius 3 is 2.12 bits per heavy atom. The number of allylic oxidation sites excluding steroid dienone is 4. The van der Waals surface area contributed by atoms with E-state index >= 15 is 0 Å². The van der Waals surface area contributed by atoms with E-state index in [1.54, 1.807) is 6.07 Å². The van der Waals surface area contributed by atoms with Crippen LogP contribution in [-0.4, -0.2) is 31.2 Å². The number of benzene rings is 2. The van der Waals surface area contributed by atoms with Gasteiger partial charge < -0.3 is 19.5 Å². The van der Waals surface area contributed by atoms with Gasteiger partial charge in [0.05, 0.1) is 11.6 Å². The number of carbonyl (C=O) groups is 3.